The summed E-state index contributed by atoms with van der Waals surface area (Å²) in [5.41, 5.74) is 2.34. The molecule has 0 aromatic heterocycles. The van der Waals surface area contributed by atoms with E-state index in [1.807, 2.05) is 36.4 Å². The molecule has 8 rings (SSSR count). The van der Waals surface area contributed by atoms with E-state index in [1.165, 1.54) is 57.4 Å². The van der Waals surface area contributed by atoms with Crippen LogP contribution in [-0.4, -0.2) is 187 Å². The van der Waals surface area contributed by atoms with Crippen LogP contribution in [0.2, 0.25) is 0 Å². The van der Waals surface area contributed by atoms with Crippen molar-refractivity contribution in [3.63, 3.8) is 0 Å². The van der Waals surface area contributed by atoms with Crippen LogP contribution >= 0.6 is 22.6 Å². The molecule has 4 atom stereocenters. The summed E-state index contributed by atoms with van der Waals surface area (Å²) in [7, 11) is 5.78. The Hall–Kier alpha value is -6.34. The molecule has 2 unspecified atom stereocenters. The highest BCUT2D eigenvalue weighted by Gasteiger charge is 2.48. The first-order valence-electron chi connectivity index (χ1n) is 28.4. The fourth-order valence-electron chi connectivity index (χ4n) is 9.02. The number of hydrogen-bond acceptors (Lipinski definition) is 15. The third-order valence-corrected chi connectivity index (χ3v) is 15.5. The molecule has 4 aromatic rings. The fraction of sp³-hybridized carbons (Fsp3) is 0.462. The zero-order chi connectivity index (χ0) is 60.9. The number of Topliss-reactive ketones (excluding diaryl/α,β-unsaturated/α-hetero) is 2. The van der Waals surface area contributed by atoms with Crippen LogP contribution in [0.5, 0.6) is 0 Å². The number of amides is 4. The number of morpholine rings is 2. The van der Waals surface area contributed by atoms with E-state index in [0.717, 1.165) is 111 Å². The topological polar surface area (TPSA) is 221 Å². The minimum absolute atomic E-state index is 0. The van der Waals surface area contributed by atoms with Gasteiger partial charge in [0.05, 0.1) is 26.4 Å². The number of carbonyl (C=O) groups excluding carboxylic acids is 7. The standard InChI is InChI=1S/C32H41N3O6.C19H25IN2O5.C9H8O.C4H9NO.CH4/c1-32(31(38)33-2,28(36)23-41-29-6-4-5-19-40-29)34(3)30(37)27-15-13-25(14-16-27)8-7-24-9-11-26(12-10-24)22-35-17-20-39-21-18-35;1-19(18(25)21-2,15(23)12-27-16-6-4-5-11-26-16)22(3)17(24)13-7-9-14(20)10-8-13;1-2-8-3-5-9(7-10)6-4-8;1-3-6-4-2-5-1;/h7-16,29H,4-6,17-23H2,1-3H3,(H,33,38);7-10,16H,4-6,11-12H2,1-3H3,(H,21,25);2-7H,1H2;5H,1-4H2;1H4/b8-7+;;;;/t29?,32-;16?,19-;;;/m11.../s1. The predicted molar refractivity (Wildman–Crippen MR) is 338 cm³/mol. The maximum Gasteiger partial charge on any atom is 0.254 e. The first kappa shape index (κ1) is 71.1. The van der Waals surface area contributed by atoms with Gasteiger partial charge < -0.3 is 54.2 Å². The van der Waals surface area contributed by atoms with E-state index in [9.17, 15) is 33.6 Å². The van der Waals surface area contributed by atoms with Gasteiger partial charge in [-0.3, -0.25) is 38.5 Å². The van der Waals surface area contributed by atoms with Gasteiger partial charge in [0.25, 0.3) is 23.6 Å². The highest BCUT2D eigenvalue weighted by atomic mass is 127. The first-order chi connectivity index (χ1) is 40.5. The van der Waals surface area contributed by atoms with E-state index in [-0.39, 0.29) is 20.6 Å². The number of benzene rings is 4. The van der Waals surface area contributed by atoms with E-state index in [0.29, 0.717) is 42.7 Å². The summed E-state index contributed by atoms with van der Waals surface area (Å²) in [4.78, 5) is 92.7. The van der Waals surface area contributed by atoms with Gasteiger partial charge in [0.1, 0.15) is 19.5 Å². The van der Waals surface area contributed by atoms with Gasteiger partial charge in [-0.2, -0.15) is 0 Å². The van der Waals surface area contributed by atoms with Gasteiger partial charge >= 0.3 is 0 Å². The Morgan fingerprint density at radius 3 is 1.41 bits per heavy atom. The minimum atomic E-state index is -1.74. The summed E-state index contributed by atoms with van der Waals surface area (Å²) < 4.78 is 33.6. The highest BCUT2D eigenvalue weighted by molar-refractivity contribution is 14.1. The summed E-state index contributed by atoms with van der Waals surface area (Å²) in [6.45, 7) is 15.3. The lowest BCUT2D eigenvalue weighted by Crippen LogP contribution is -2.62. The van der Waals surface area contributed by atoms with Crippen molar-refractivity contribution < 1.29 is 62.0 Å². The Kier molecular flexibility index (Phi) is 31.2. The maximum absolute atomic E-state index is 13.4. The molecule has 4 saturated heterocycles. The third kappa shape index (κ3) is 21.8. The van der Waals surface area contributed by atoms with E-state index in [4.69, 9.17) is 28.4 Å². The normalized spacial score (nSPS) is 18.2. The van der Waals surface area contributed by atoms with Gasteiger partial charge in [-0.1, -0.05) is 92.9 Å². The number of ketones is 2. The van der Waals surface area contributed by atoms with Crippen molar-refractivity contribution in [2.45, 2.75) is 90.0 Å². The van der Waals surface area contributed by atoms with Crippen molar-refractivity contribution in [1.82, 2.24) is 30.7 Å². The van der Waals surface area contributed by atoms with Gasteiger partial charge in [0.2, 0.25) is 0 Å². The number of likely N-dealkylation sites (N-methyl/N-ethyl adjacent to an activating group) is 4. The minimum Gasteiger partial charge on any atom is -0.379 e. The molecule has 4 aliphatic rings. The molecule has 0 aliphatic carbocycles. The Labute approximate surface area is 515 Å². The molecule has 462 valence electrons. The van der Waals surface area contributed by atoms with E-state index >= 15 is 0 Å². The lowest BCUT2D eigenvalue weighted by atomic mass is 9.92. The molecule has 4 amide bonds. The number of ether oxygens (including phenoxy) is 6. The van der Waals surface area contributed by atoms with Crippen LogP contribution in [-0.2, 0) is 54.1 Å². The van der Waals surface area contributed by atoms with Crippen molar-refractivity contribution >= 4 is 82.3 Å². The average Bonchev–Trinajstić information content (AvgIpc) is 3.04. The number of aldehydes is 1. The lowest BCUT2D eigenvalue weighted by molar-refractivity contribution is -0.174. The Balaban J connectivity index is 0.000000298. The lowest BCUT2D eigenvalue weighted by Gasteiger charge is -2.36. The fourth-order valence-corrected chi connectivity index (χ4v) is 9.38. The van der Waals surface area contributed by atoms with Crippen molar-refractivity contribution in [3.8, 4) is 0 Å². The van der Waals surface area contributed by atoms with Crippen LogP contribution in [0.1, 0.15) is 113 Å². The maximum atomic E-state index is 13.4. The quantitative estimate of drug-likeness (QED) is 0.0333. The number of carbonyl (C=O) groups is 7. The van der Waals surface area contributed by atoms with Crippen LogP contribution in [0, 0.1) is 3.57 Å². The molecule has 4 aromatic carbocycles. The number of nitrogens with one attached hydrogen (secondary N) is 3. The second-order valence-electron chi connectivity index (χ2n) is 20.5. The Bertz CT molecular complexity index is 2720. The van der Waals surface area contributed by atoms with Gasteiger partial charge in [-0.15, -0.1) is 0 Å². The van der Waals surface area contributed by atoms with E-state index < -0.39 is 58.9 Å². The molecule has 20 heteroatoms. The molecular formula is C65H87IN6O13. The van der Waals surface area contributed by atoms with E-state index in [2.05, 4.69) is 74.3 Å². The summed E-state index contributed by atoms with van der Waals surface area (Å²) in [6.07, 6.45) is 10.9. The summed E-state index contributed by atoms with van der Waals surface area (Å²) in [6, 6.07) is 29.7. The molecular weight excluding hydrogens is 1200 g/mol. The monoisotopic (exact) mass is 1290 g/mol. The number of hydrogen-bond donors (Lipinski definition) is 3. The number of halogens is 1. The van der Waals surface area contributed by atoms with Crippen LogP contribution in [0.15, 0.2) is 104 Å². The Morgan fingerprint density at radius 1 is 0.624 bits per heavy atom. The molecule has 4 aliphatic heterocycles. The van der Waals surface area contributed by atoms with Gasteiger partial charge in [-0.25, -0.2) is 0 Å². The number of nitrogens with zero attached hydrogens (tertiary/aromatic N) is 3. The predicted octanol–water partition coefficient (Wildman–Crippen LogP) is 7.74. The third-order valence-electron chi connectivity index (χ3n) is 14.8. The molecule has 4 heterocycles. The van der Waals surface area contributed by atoms with Gasteiger partial charge in [0, 0.05) is 94.4 Å². The van der Waals surface area contributed by atoms with Crippen molar-refractivity contribution in [1.29, 1.82) is 0 Å². The SMILES string of the molecule is C.C1COCCN1.C=Cc1ccc(C=O)cc1.CNC(=O)[C@@](C)(C(=O)COC1CCCCO1)N(C)C(=O)c1ccc(/C=C/c2ccc(CN3CCOCC3)cc2)cc1.CNC(=O)[C@@](C)(C(=O)COC1CCCCO1)N(C)C(=O)c1ccc(I)cc1. The first-order valence-corrected chi connectivity index (χ1v) is 29.5. The van der Waals surface area contributed by atoms with Crippen molar-refractivity contribution in [2.24, 2.45) is 0 Å². The summed E-state index contributed by atoms with van der Waals surface area (Å²) in [5.74, 6) is -3.02. The largest absolute Gasteiger partial charge is 0.379 e. The number of rotatable bonds is 20. The van der Waals surface area contributed by atoms with Gasteiger partial charge in [-0.05, 0) is 134 Å². The molecule has 19 nitrogen and oxygen atoms in total. The van der Waals surface area contributed by atoms with Crippen LogP contribution < -0.4 is 16.0 Å². The second kappa shape index (κ2) is 37.3. The van der Waals surface area contributed by atoms with Crippen molar-refractivity contribution in [2.75, 3.05) is 107 Å². The molecule has 0 spiro atoms. The van der Waals surface area contributed by atoms with Crippen LogP contribution in [0.25, 0.3) is 18.2 Å². The van der Waals surface area contributed by atoms with E-state index in [1.54, 1.807) is 54.6 Å². The van der Waals surface area contributed by atoms with Crippen LogP contribution in [0.4, 0.5) is 0 Å². The molecule has 3 N–H and O–H groups in total. The second-order valence-corrected chi connectivity index (χ2v) is 21.8. The van der Waals surface area contributed by atoms with Gasteiger partial charge in [0.15, 0.2) is 35.2 Å². The Morgan fingerprint density at radius 2 is 1.04 bits per heavy atom. The molecule has 0 saturated carbocycles. The smallest absolute Gasteiger partial charge is 0.254 e. The summed E-state index contributed by atoms with van der Waals surface area (Å²) in [5, 5.41) is 8.16. The molecule has 85 heavy (non-hydrogen) atoms. The zero-order valence-electron chi connectivity index (χ0n) is 49.4. The molecule has 0 bridgehead atoms. The average molecular weight is 1290 g/mol. The molecule has 0 radical (unpaired) electrons. The zero-order valence-corrected chi connectivity index (χ0v) is 51.5. The summed E-state index contributed by atoms with van der Waals surface area (Å²) >= 11 is 2.14. The molecule has 4 fully saturated rings. The van der Waals surface area contributed by atoms with Crippen molar-refractivity contribution in [3.05, 3.63) is 146 Å². The van der Waals surface area contributed by atoms with Crippen LogP contribution in [0.3, 0.4) is 0 Å². The highest BCUT2D eigenvalue weighted by Crippen LogP contribution is 2.24.